The SMILES string of the molecule is CC(C)(C)c1cc(CNCC(C)(C)c2cc(CO)c3ccccc3c2)c2ccccc2c1. The zero-order valence-electron chi connectivity index (χ0n) is 20.0. The van der Waals surface area contributed by atoms with E-state index in [1.54, 1.807) is 0 Å². The molecule has 0 saturated heterocycles. The Morgan fingerprint density at radius 3 is 1.81 bits per heavy atom. The summed E-state index contributed by atoms with van der Waals surface area (Å²) in [5, 5.41) is 18.6. The van der Waals surface area contributed by atoms with Gasteiger partial charge in [-0.1, -0.05) is 107 Å². The van der Waals surface area contributed by atoms with Crippen LogP contribution in [0.2, 0.25) is 0 Å². The number of hydrogen-bond donors (Lipinski definition) is 2. The second kappa shape index (κ2) is 8.69. The lowest BCUT2D eigenvalue weighted by atomic mass is 9.82. The molecule has 0 atom stereocenters. The van der Waals surface area contributed by atoms with Crippen molar-refractivity contribution in [2.75, 3.05) is 6.54 Å². The highest BCUT2D eigenvalue weighted by atomic mass is 16.3. The molecule has 0 aliphatic carbocycles. The van der Waals surface area contributed by atoms with Gasteiger partial charge < -0.3 is 10.4 Å². The van der Waals surface area contributed by atoms with Crippen LogP contribution in [0.15, 0.2) is 72.8 Å². The van der Waals surface area contributed by atoms with E-state index in [2.05, 4.69) is 107 Å². The standard InChI is InChI=1S/C30H35NO/c1-29(2,3)25-14-21-10-6-8-12-27(21)23(16-25)18-31-20-30(4,5)26-15-22-11-7-9-13-28(22)24(17-26)19-32/h6-17,31-32H,18-20H2,1-5H3. The highest BCUT2D eigenvalue weighted by molar-refractivity contribution is 5.87. The Labute approximate surface area is 192 Å². The van der Waals surface area contributed by atoms with Gasteiger partial charge in [0.05, 0.1) is 6.61 Å². The lowest BCUT2D eigenvalue weighted by molar-refractivity contribution is 0.283. The maximum absolute atomic E-state index is 9.93. The van der Waals surface area contributed by atoms with Gasteiger partial charge in [-0.25, -0.2) is 0 Å². The first-order valence-corrected chi connectivity index (χ1v) is 11.5. The van der Waals surface area contributed by atoms with Crippen LogP contribution in [0.5, 0.6) is 0 Å². The Bertz CT molecular complexity index is 1250. The third-order valence-electron chi connectivity index (χ3n) is 6.60. The summed E-state index contributed by atoms with van der Waals surface area (Å²) < 4.78 is 0. The fourth-order valence-electron chi connectivity index (χ4n) is 4.49. The molecule has 2 nitrogen and oxygen atoms in total. The molecule has 0 spiro atoms. The molecular weight excluding hydrogens is 390 g/mol. The quantitative estimate of drug-likeness (QED) is 0.354. The van der Waals surface area contributed by atoms with Crippen molar-refractivity contribution in [1.29, 1.82) is 0 Å². The molecule has 0 heterocycles. The van der Waals surface area contributed by atoms with Crippen molar-refractivity contribution < 1.29 is 5.11 Å². The topological polar surface area (TPSA) is 32.3 Å². The minimum absolute atomic E-state index is 0.0590. The van der Waals surface area contributed by atoms with Gasteiger partial charge in [-0.15, -0.1) is 0 Å². The van der Waals surface area contributed by atoms with E-state index in [0.29, 0.717) is 0 Å². The fraction of sp³-hybridized carbons (Fsp3) is 0.333. The second-order valence-electron chi connectivity index (χ2n) is 10.6. The van der Waals surface area contributed by atoms with Crippen LogP contribution in [-0.2, 0) is 24.0 Å². The molecule has 0 bridgehead atoms. The average Bonchev–Trinajstić information content (AvgIpc) is 2.77. The Morgan fingerprint density at radius 1 is 0.688 bits per heavy atom. The number of benzene rings is 4. The number of aliphatic hydroxyl groups is 1. The Balaban J connectivity index is 1.59. The average molecular weight is 426 g/mol. The van der Waals surface area contributed by atoms with E-state index in [0.717, 1.165) is 24.0 Å². The molecule has 0 radical (unpaired) electrons. The predicted octanol–water partition coefficient (Wildman–Crippen LogP) is 6.85. The van der Waals surface area contributed by atoms with Gasteiger partial charge in [-0.2, -0.15) is 0 Å². The van der Waals surface area contributed by atoms with Crippen LogP contribution in [0.1, 0.15) is 56.9 Å². The highest BCUT2D eigenvalue weighted by Gasteiger charge is 2.22. The third kappa shape index (κ3) is 4.57. The summed E-state index contributed by atoms with van der Waals surface area (Å²) in [6.45, 7) is 13.1. The Hall–Kier alpha value is -2.68. The minimum Gasteiger partial charge on any atom is -0.392 e. The van der Waals surface area contributed by atoms with Crippen molar-refractivity contribution in [3.8, 4) is 0 Å². The van der Waals surface area contributed by atoms with Gasteiger partial charge in [-0.3, -0.25) is 0 Å². The molecule has 0 aliphatic heterocycles. The monoisotopic (exact) mass is 425 g/mol. The van der Waals surface area contributed by atoms with Gasteiger partial charge >= 0.3 is 0 Å². The zero-order chi connectivity index (χ0) is 22.9. The molecule has 2 heteroatoms. The first-order valence-electron chi connectivity index (χ1n) is 11.5. The molecule has 2 N–H and O–H groups in total. The first kappa shape index (κ1) is 22.5. The Morgan fingerprint density at radius 2 is 1.22 bits per heavy atom. The van der Waals surface area contributed by atoms with Crippen LogP contribution in [0.4, 0.5) is 0 Å². The summed E-state index contributed by atoms with van der Waals surface area (Å²) in [5.41, 5.74) is 5.01. The van der Waals surface area contributed by atoms with E-state index in [1.807, 2.05) is 6.07 Å². The van der Waals surface area contributed by atoms with Gasteiger partial charge in [-0.05, 0) is 49.2 Å². The van der Waals surface area contributed by atoms with Crippen LogP contribution < -0.4 is 5.32 Å². The molecule has 32 heavy (non-hydrogen) atoms. The molecule has 4 aromatic rings. The van der Waals surface area contributed by atoms with Crippen molar-refractivity contribution in [2.45, 2.75) is 58.6 Å². The maximum Gasteiger partial charge on any atom is 0.0687 e. The molecule has 0 saturated carbocycles. The second-order valence-corrected chi connectivity index (χ2v) is 10.6. The molecule has 166 valence electrons. The van der Waals surface area contributed by atoms with E-state index in [9.17, 15) is 5.11 Å². The lowest BCUT2D eigenvalue weighted by Crippen LogP contribution is -2.33. The number of fused-ring (bicyclic) bond motifs is 2. The van der Waals surface area contributed by atoms with Gasteiger partial charge in [0.15, 0.2) is 0 Å². The van der Waals surface area contributed by atoms with Crippen LogP contribution in [0.25, 0.3) is 21.5 Å². The van der Waals surface area contributed by atoms with Gasteiger partial charge in [0.2, 0.25) is 0 Å². The van der Waals surface area contributed by atoms with E-state index in [1.165, 1.54) is 32.8 Å². The molecule has 4 aromatic carbocycles. The van der Waals surface area contributed by atoms with Gasteiger partial charge in [0, 0.05) is 18.5 Å². The minimum atomic E-state index is -0.0641. The largest absolute Gasteiger partial charge is 0.392 e. The third-order valence-corrected chi connectivity index (χ3v) is 6.60. The van der Waals surface area contributed by atoms with Gasteiger partial charge in [0.1, 0.15) is 0 Å². The van der Waals surface area contributed by atoms with E-state index in [4.69, 9.17) is 0 Å². The summed E-state index contributed by atoms with van der Waals surface area (Å²) >= 11 is 0. The zero-order valence-corrected chi connectivity index (χ0v) is 20.0. The van der Waals surface area contributed by atoms with E-state index < -0.39 is 0 Å². The summed E-state index contributed by atoms with van der Waals surface area (Å²) in [6, 6.07) is 26.1. The van der Waals surface area contributed by atoms with Crippen LogP contribution in [0, 0.1) is 0 Å². The van der Waals surface area contributed by atoms with Crippen LogP contribution in [-0.4, -0.2) is 11.7 Å². The van der Waals surface area contributed by atoms with Crippen molar-refractivity contribution in [2.24, 2.45) is 0 Å². The molecule has 0 amide bonds. The summed E-state index contributed by atoms with van der Waals surface area (Å²) in [4.78, 5) is 0. The van der Waals surface area contributed by atoms with Crippen molar-refractivity contribution in [1.82, 2.24) is 5.32 Å². The number of nitrogens with one attached hydrogen (secondary N) is 1. The van der Waals surface area contributed by atoms with Crippen LogP contribution in [0.3, 0.4) is 0 Å². The first-order chi connectivity index (χ1) is 15.2. The van der Waals surface area contributed by atoms with Crippen molar-refractivity contribution in [3.63, 3.8) is 0 Å². The lowest BCUT2D eigenvalue weighted by Gasteiger charge is -2.28. The summed E-state index contributed by atoms with van der Waals surface area (Å²) in [7, 11) is 0. The Kier molecular flexibility index (Phi) is 6.11. The van der Waals surface area contributed by atoms with Crippen LogP contribution >= 0.6 is 0 Å². The number of hydrogen-bond acceptors (Lipinski definition) is 2. The molecule has 0 unspecified atom stereocenters. The van der Waals surface area contributed by atoms with Gasteiger partial charge in [0.25, 0.3) is 0 Å². The van der Waals surface area contributed by atoms with Crippen molar-refractivity contribution >= 4 is 21.5 Å². The molecule has 0 fully saturated rings. The smallest absolute Gasteiger partial charge is 0.0687 e. The molecule has 0 aromatic heterocycles. The molecular formula is C30H35NO. The summed E-state index contributed by atoms with van der Waals surface area (Å²) in [5.74, 6) is 0. The summed E-state index contributed by atoms with van der Waals surface area (Å²) in [6.07, 6.45) is 0. The fourth-order valence-corrected chi connectivity index (χ4v) is 4.49. The van der Waals surface area contributed by atoms with Crippen molar-refractivity contribution in [3.05, 3.63) is 95.1 Å². The highest BCUT2D eigenvalue weighted by Crippen LogP contribution is 2.31. The normalized spacial score (nSPS) is 12.6. The number of aliphatic hydroxyl groups excluding tert-OH is 1. The maximum atomic E-state index is 9.93. The number of rotatable bonds is 6. The molecule has 0 aliphatic rings. The predicted molar refractivity (Wildman–Crippen MR) is 137 cm³/mol. The van der Waals surface area contributed by atoms with E-state index >= 15 is 0 Å². The molecule has 4 rings (SSSR count). The van der Waals surface area contributed by atoms with E-state index in [-0.39, 0.29) is 17.4 Å².